The number of unbranched alkanes of at least 4 members (excludes halogenated alkanes) is 1. The third-order valence-corrected chi connectivity index (χ3v) is 9.17. The van der Waals surface area contributed by atoms with Crippen molar-refractivity contribution in [1.29, 1.82) is 5.26 Å². The average Bonchev–Trinajstić information content (AvgIpc) is 3.65. The second kappa shape index (κ2) is 17.0. The SMILES string of the molecule is CCC/C=C(/C=C\c1nn(CC)c(N(CC)c2nc(-c3ccc(F)cc3)c(C#N)s2)c1C)C(\C=C(C)C)=C\N=C(C)N1CCCCC1. The van der Waals surface area contributed by atoms with Gasteiger partial charge in [-0.1, -0.05) is 48.5 Å². The summed E-state index contributed by atoms with van der Waals surface area (Å²) in [6.07, 6.45) is 16.5. The number of thiazole rings is 1. The van der Waals surface area contributed by atoms with Crippen molar-refractivity contribution < 1.29 is 4.39 Å². The van der Waals surface area contributed by atoms with Crippen molar-refractivity contribution in [2.45, 2.75) is 87.1 Å². The predicted molar refractivity (Wildman–Crippen MR) is 196 cm³/mol. The van der Waals surface area contributed by atoms with Crippen LogP contribution in [0.3, 0.4) is 0 Å². The van der Waals surface area contributed by atoms with Crippen LogP contribution in [0.25, 0.3) is 17.3 Å². The summed E-state index contributed by atoms with van der Waals surface area (Å²) in [6, 6.07) is 8.41. The van der Waals surface area contributed by atoms with E-state index in [1.54, 1.807) is 12.1 Å². The number of likely N-dealkylation sites (tertiary alicyclic amines) is 1. The molecule has 47 heavy (non-hydrogen) atoms. The maximum atomic E-state index is 13.6. The fourth-order valence-electron chi connectivity index (χ4n) is 5.68. The number of aliphatic imine (C=N–C) groups is 1. The van der Waals surface area contributed by atoms with Gasteiger partial charge in [-0.3, -0.25) is 0 Å². The number of halogens is 1. The number of nitrogens with zero attached hydrogens (tertiary/aromatic N) is 7. The molecule has 0 spiro atoms. The molecule has 2 aromatic heterocycles. The number of allylic oxidation sites excluding steroid dienone is 6. The molecule has 4 rings (SSSR count). The van der Waals surface area contributed by atoms with E-state index in [4.69, 9.17) is 15.1 Å². The molecule has 0 saturated carbocycles. The van der Waals surface area contributed by atoms with Crippen LogP contribution < -0.4 is 4.90 Å². The van der Waals surface area contributed by atoms with E-state index in [-0.39, 0.29) is 5.82 Å². The van der Waals surface area contributed by atoms with E-state index in [1.807, 2.05) is 10.9 Å². The minimum Gasteiger partial charge on any atom is -0.360 e. The smallest absolute Gasteiger partial charge is 0.192 e. The Hall–Kier alpha value is -4.29. The first-order valence-electron chi connectivity index (χ1n) is 16.7. The monoisotopic (exact) mass is 653 g/mol. The first-order chi connectivity index (χ1) is 22.7. The Morgan fingerprint density at radius 1 is 1.09 bits per heavy atom. The highest BCUT2D eigenvalue weighted by Gasteiger charge is 2.24. The van der Waals surface area contributed by atoms with Crippen molar-refractivity contribution in [3.63, 3.8) is 0 Å². The molecule has 0 unspecified atom stereocenters. The Bertz CT molecular complexity index is 1700. The highest BCUT2D eigenvalue weighted by molar-refractivity contribution is 7.16. The number of anilines is 2. The molecule has 3 aromatic rings. The summed E-state index contributed by atoms with van der Waals surface area (Å²) >= 11 is 1.34. The molecule has 7 nitrogen and oxygen atoms in total. The first-order valence-corrected chi connectivity index (χ1v) is 17.6. The highest BCUT2D eigenvalue weighted by Crippen LogP contribution is 2.38. The minimum atomic E-state index is -0.322. The number of piperidine rings is 1. The number of aromatic nitrogens is 3. The number of hydrogen-bond acceptors (Lipinski definition) is 6. The molecule has 0 radical (unpaired) electrons. The zero-order valence-corrected chi connectivity index (χ0v) is 29.8. The maximum Gasteiger partial charge on any atom is 0.192 e. The molecule has 0 bridgehead atoms. The van der Waals surface area contributed by atoms with E-state index < -0.39 is 0 Å². The van der Waals surface area contributed by atoms with Crippen LogP contribution in [0.5, 0.6) is 0 Å². The summed E-state index contributed by atoms with van der Waals surface area (Å²) in [5.74, 6) is 1.69. The molecule has 1 aromatic carbocycles. The van der Waals surface area contributed by atoms with E-state index >= 15 is 0 Å². The third-order valence-electron chi connectivity index (χ3n) is 8.19. The second-order valence-electron chi connectivity index (χ2n) is 12.0. The third kappa shape index (κ3) is 8.95. The molecule has 0 atom stereocenters. The van der Waals surface area contributed by atoms with Gasteiger partial charge in [0.15, 0.2) is 5.13 Å². The molecule has 1 aliphatic rings. The molecule has 248 valence electrons. The largest absolute Gasteiger partial charge is 0.360 e. The fourth-order valence-corrected chi connectivity index (χ4v) is 6.63. The topological polar surface area (TPSA) is 73.3 Å². The molecule has 1 saturated heterocycles. The van der Waals surface area contributed by atoms with Gasteiger partial charge >= 0.3 is 0 Å². The Labute approximate surface area is 284 Å². The van der Waals surface area contributed by atoms with Crippen molar-refractivity contribution in [2.24, 2.45) is 4.99 Å². The minimum absolute atomic E-state index is 0.322. The molecule has 1 aliphatic heterocycles. The lowest BCUT2D eigenvalue weighted by Gasteiger charge is -2.27. The van der Waals surface area contributed by atoms with Crippen molar-refractivity contribution in [2.75, 3.05) is 24.5 Å². The normalized spacial score (nSPS) is 14.5. The van der Waals surface area contributed by atoms with E-state index in [2.05, 4.69) is 88.6 Å². The molecule has 0 amide bonds. The molecule has 9 heteroatoms. The summed E-state index contributed by atoms with van der Waals surface area (Å²) in [5.41, 5.74) is 6.60. The van der Waals surface area contributed by atoms with E-state index in [9.17, 15) is 9.65 Å². The molecule has 3 heterocycles. The van der Waals surface area contributed by atoms with Gasteiger partial charge in [0.2, 0.25) is 0 Å². The lowest BCUT2D eigenvalue weighted by molar-refractivity contribution is 0.340. The van der Waals surface area contributed by atoms with Gasteiger partial charge in [0.05, 0.1) is 5.69 Å². The van der Waals surface area contributed by atoms with Gasteiger partial charge < -0.3 is 9.80 Å². The Morgan fingerprint density at radius 3 is 2.43 bits per heavy atom. The predicted octanol–water partition coefficient (Wildman–Crippen LogP) is 10.00. The van der Waals surface area contributed by atoms with E-state index in [0.29, 0.717) is 34.4 Å². The van der Waals surface area contributed by atoms with Crippen molar-refractivity contribution in [1.82, 2.24) is 19.7 Å². The summed E-state index contributed by atoms with van der Waals surface area (Å²) in [5, 5.41) is 15.6. The number of aryl methyl sites for hydroxylation is 1. The Balaban J connectivity index is 1.72. The van der Waals surface area contributed by atoms with Gasteiger partial charge in [0, 0.05) is 43.5 Å². The number of benzene rings is 1. The maximum absolute atomic E-state index is 13.6. The number of amidine groups is 1. The van der Waals surface area contributed by atoms with Crippen LogP contribution in [0.1, 0.15) is 89.8 Å². The standard InChI is InChI=1S/C38H48FN7S/c1-8-11-15-30(32(24-27(4)5)26-41-29(7)44-22-13-12-14-23-44)18-21-34-28(6)37(46(10-3)43-34)45(9-2)38-42-36(35(25-40)47-38)31-16-19-33(39)20-17-31/h15-21,24,26H,8-14,22-23H2,1-7H3/b21-18-,30-15-,32-26+,41-29?. The second-order valence-corrected chi connectivity index (χ2v) is 13.0. The van der Waals surface area contributed by atoms with Crippen LogP contribution in [0.4, 0.5) is 15.3 Å². The molecule has 0 N–H and O–H groups in total. The molecular formula is C38H48FN7S. The average molecular weight is 654 g/mol. The summed E-state index contributed by atoms with van der Waals surface area (Å²) in [4.78, 5) is 14.8. The van der Waals surface area contributed by atoms with E-state index in [1.165, 1.54) is 48.3 Å². The first kappa shape index (κ1) is 35.6. The summed E-state index contributed by atoms with van der Waals surface area (Å²) in [7, 11) is 0. The lowest BCUT2D eigenvalue weighted by Crippen LogP contribution is -2.33. The zero-order chi connectivity index (χ0) is 33.9. The summed E-state index contributed by atoms with van der Waals surface area (Å²) < 4.78 is 15.6. The van der Waals surface area contributed by atoms with Crippen LogP contribution >= 0.6 is 11.3 Å². The van der Waals surface area contributed by atoms with Gasteiger partial charge in [-0.2, -0.15) is 10.4 Å². The van der Waals surface area contributed by atoms with Gasteiger partial charge in [-0.05, 0) is 109 Å². The van der Waals surface area contributed by atoms with Crippen molar-refractivity contribution in [3.05, 3.63) is 87.4 Å². The Kier molecular flexibility index (Phi) is 12.9. The molecule has 0 aliphatic carbocycles. The number of nitriles is 1. The van der Waals surface area contributed by atoms with E-state index in [0.717, 1.165) is 60.0 Å². The van der Waals surface area contributed by atoms with Crippen LogP contribution in [0.2, 0.25) is 0 Å². The van der Waals surface area contributed by atoms with Gasteiger partial charge in [-0.15, -0.1) is 0 Å². The van der Waals surface area contributed by atoms with Crippen LogP contribution in [-0.4, -0.2) is 45.1 Å². The van der Waals surface area contributed by atoms with Crippen LogP contribution in [-0.2, 0) is 6.54 Å². The highest BCUT2D eigenvalue weighted by atomic mass is 32.1. The lowest BCUT2D eigenvalue weighted by atomic mass is 10.0. The van der Waals surface area contributed by atoms with Gasteiger partial charge in [0.1, 0.15) is 34.1 Å². The van der Waals surface area contributed by atoms with Crippen molar-refractivity contribution >= 4 is 34.2 Å². The number of hydrogen-bond donors (Lipinski definition) is 0. The van der Waals surface area contributed by atoms with Gasteiger partial charge in [0.25, 0.3) is 0 Å². The van der Waals surface area contributed by atoms with Crippen molar-refractivity contribution in [3.8, 4) is 17.3 Å². The Morgan fingerprint density at radius 2 is 1.81 bits per heavy atom. The van der Waals surface area contributed by atoms with Crippen LogP contribution in [0.15, 0.2) is 70.4 Å². The number of rotatable bonds is 12. The van der Waals surface area contributed by atoms with Crippen LogP contribution in [0, 0.1) is 24.1 Å². The molecule has 1 fully saturated rings. The van der Waals surface area contributed by atoms with Gasteiger partial charge in [-0.25, -0.2) is 19.0 Å². The zero-order valence-electron chi connectivity index (χ0n) is 29.0. The molecular weight excluding hydrogens is 606 g/mol. The summed E-state index contributed by atoms with van der Waals surface area (Å²) in [6.45, 7) is 18.2. The quantitative estimate of drug-likeness (QED) is 0.111. The fraction of sp³-hybridized carbons (Fsp3) is 0.421.